The van der Waals surface area contributed by atoms with Crippen molar-refractivity contribution in [3.05, 3.63) is 188 Å². The second kappa shape index (κ2) is 13.3. The Kier molecular flexibility index (Phi) is 7.64. The molecule has 11 rings (SSSR count). The van der Waals surface area contributed by atoms with E-state index in [4.69, 9.17) is 19.4 Å². The zero-order valence-electron chi connectivity index (χ0n) is 30.1. The van der Waals surface area contributed by atoms with Gasteiger partial charge in [-0.2, -0.15) is 0 Å². The minimum Gasteiger partial charge on any atom is -0.455 e. The Bertz CT molecular complexity index is 3230. The number of para-hydroxylation sites is 2. The summed E-state index contributed by atoms with van der Waals surface area (Å²) in [5.74, 6) is 1.77. The van der Waals surface area contributed by atoms with Crippen LogP contribution in [0.1, 0.15) is 0 Å². The first-order chi connectivity index (χ1) is 27.7. The van der Waals surface area contributed by atoms with Crippen molar-refractivity contribution < 1.29 is 4.42 Å². The molecule has 0 atom stereocenters. The van der Waals surface area contributed by atoms with E-state index in [-0.39, 0.29) is 0 Å². The number of hydrogen-bond acceptors (Lipinski definition) is 5. The number of nitrogens with zero attached hydrogens (tertiary/aromatic N) is 3. The van der Waals surface area contributed by atoms with Gasteiger partial charge >= 0.3 is 0 Å². The fourth-order valence-electron chi connectivity index (χ4n) is 7.86. The number of hydrogen-bond donors (Lipinski definition) is 0. The average Bonchev–Trinajstić information content (AvgIpc) is 3.86. The molecular weight excluding hydrogens is 703 g/mol. The van der Waals surface area contributed by atoms with Crippen LogP contribution >= 0.6 is 11.3 Å². The van der Waals surface area contributed by atoms with E-state index in [0.29, 0.717) is 17.5 Å². The van der Waals surface area contributed by atoms with Crippen LogP contribution in [0.5, 0.6) is 0 Å². The molecule has 0 N–H and O–H groups in total. The molecule has 3 heterocycles. The molecule has 0 radical (unpaired) electrons. The summed E-state index contributed by atoms with van der Waals surface area (Å²) in [7, 11) is 0. The van der Waals surface area contributed by atoms with E-state index >= 15 is 0 Å². The maximum atomic E-state index is 7.07. The van der Waals surface area contributed by atoms with E-state index in [9.17, 15) is 0 Å². The predicted octanol–water partition coefficient (Wildman–Crippen LogP) is 14.1. The molecule has 0 fully saturated rings. The Morgan fingerprint density at radius 2 is 0.804 bits per heavy atom. The Labute approximate surface area is 327 Å². The van der Waals surface area contributed by atoms with Gasteiger partial charge in [-0.05, 0) is 52.1 Å². The lowest BCUT2D eigenvalue weighted by Crippen LogP contribution is -2.00. The largest absolute Gasteiger partial charge is 0.455 e. The number of thiophene rings is 1. The first-order valence-electron chi connectivity index (χ1n) is 18.7. The van der Waals surface area contributed by atoms with Crippen LogP contribution in [0.3, 0.4) is 0 Å². The van der Waals surface area contributed by atoms with E-state index in [1.807, 2.05) is 47.7 Å². The number of rotatable bonds is 6. The van der Waals surface area contributed by atoms with Gasteiger partial charge in [0.25, 0.3) is 0 Å². The van der Waals surface area contributed by atoms with E-state index in [2.05, 4.69) is 152 Å². The summed E-state index contributed by atoms with van der Waals surface area (Å²) >= 11 is 1.83. The highest BCUT2D eigenvalue weighted by Gasteiger charge is 2.21. The summed E-state index contributed by atoms with van der Waals surface area (Å²) in [6.07, 6.45) is 0. The van der Waals surface area contributed by atoms with E-state index in [1.165, 1.54) is 31.3 Å². The minimum absolute atomic E-state index is 0.560. The van der Waals surface area contributed by atoms with Crippen LogP contribution < -0.4 is 0 Å². The molecule has 0 saturated carbocycles. The lowest BCUT2D eigenvalue weighted by molar-refractivity contribution is 0.670. The van der Waals surface area contributed by atoms with Crippen molar-refractivity contribution in [1.82, 2.24) is 15.0 Å². The van der Waals surface area contributed by atoms with E-state index in [0.717, 1.165) is 60.9 Å². The van der Waals surface area contributed by atoms with E-state index < -0.39 is 0 Å². The average molecular weight is 734 g/mol. The Morgan fingerprint density at radius 1 is 0.321 bits per heavy atom. The fraction of sp³-hybridized carbons (Fsp3) is 0. The van der Waals surface area contributed by atoms with Crippen molar-refractivity contribution in [1.29, 1.82) is 0 Å². The van der Waals surface area contributed by atoms with Crippen LogP contribution in [0.25, 0.3) is 110 Å². The Balaban J connectivity index is 1.12. The second-order valence-electron chi connectivity index (χ2n) is 13.9. The monoisotopic (exact) mass is 733 g/mol. The summed E-state index contributed by atoms with van der Waals surface area (Å²) in [6, 6.07) is 65.6. The number of aromatic nitrogens is 3. The van der Waals surface area contributed by atoms with Gasteiger partial charge in [-0.1, -0.05) is 164 Å². The van der Waals surface area contributed by atoms with Crippen molar-refractivity contribution in [3.8, 4) is 67.5 Å². The highest BCUT2D eigenvalue weighted by atomic mass is 32.1. The van der Waals surface area contributed by atoms with Gasteiger partial charge in [-0.3, -0.25) is 0 Å². The van der Waals surface area contributed by atoms with Crippen molar-refractivity contribution in [2.24, 2.45) is 0 Å². The molecule has 56 heavy (non-hydrogen) atoms. The van der Waals surface area contributed by atoms with Crippen LogP contribution in [0.4, 0.5) is 0 Å². The lowest BCUT2D eigenvalue weighted by atomic mass is 9.93. The third-order valence-electron chi connectivity index (χ3n) is 10.6. The third kappa shape index (κ3) is 5.48. The fourth-order valence-corrected chi connectivity index (χ4v) is 9.03. The second-order valence-corrected chi connectivity index (χ2v) is 15.0. The number of furan rings is 1. The highest BCUT2D eigenvalue weighted by Crippen LogP contribution is 2.46. The summed E-state index contributed by atoms with van der Waals surface area (Å²) in [5, 5.41) is 4.55. The number of fused-ring (bicyclic) bond motifs is 6. The van der Waals surface area contributed by atoms with Gasteiger partial charge in [0.05, 0.1) is 5.56 Å². The van der Waals surface area contributed by atoms with Crippen LogP contribution in [0, 0.1) is 0 Å². The summed E-state index contributed by atoms with van der Waals surface area (Å²) in [5.41, 5.74) is 11.1. The molecule has 0 aliphatic heterocycles. The van der Waals surface area contributed by atoms with Gasteiger partial charge in [0.1, 0.15) is 11.2 Å². The molecule has 3 aromatic heterocycles. The normalized spacial score (nSPS) is 11.6. The molecule has 8 aromatic carbocycles. The molecule has 4 nitrogen and oxygen atoms in total. The first kappa shape index (κ1) is 32.2. The zero-order valence-corrected chi connectivity index (χ0v) is 30.9. The molecule has 0 bridgehead atoms. The quantitative estimate of drug-likeness (QED) is 0.171. The van der Waals surface area contributed by atoms with Gasteiger partial charge in [0.2, 0.25) is 0 Å². The first-order valence-corrected chi connectivity index (χ1v) is 19.5. The summed E-state index contributed by atoms with van der Waals surface area (Å²) in [6.45, 7) is 0. The molecule has 11 aromatic rings. The SMILES string of the molecule is c1ccc(-c2ccc(-c3nc(-c4ccccc4)nc(-c4cccc5c4oc4c(-c6cc(-c7ccccc7)cc7sc8ccccc8c67)cccc45)n3)cc2)cc1. The zero-order chi connectivity index (χ0) is 37.0. The Morgan fingerprint density at radius 3 is 1.48 bits per heavy atom. The standard InChI is InChI=1S/C51H31N3OS/c1-4-14-32(15-5-1)34-26-28-36(29-27-34)50-52-49(35-18-8-3-9-19-35)53-51(54-50)42-24-13-22-39-38-21-12-23-40(47(38)55-48(39)42)43-30-37(33-16-6-2-7-17-33)31-45-46(43)41-20-10-11-25-44(41)56-45/h1-31H. The van der Waals surface area contributed by atoms with Gasteiger partial charge in [0.15, 0.2) is 17.5 Å². The molecule has 0 amide bonds. The molecule has 5 heteroatoms. The molecule has 0 spiro atoms. The van der Waals surface area contributed by atoms with Gasteiger partial charge in [0, 0.05) is 47.6 Å². The maximum absolute atomic E-state index is 7.07. The third-order valence-corrected chi connectivity index (χ3v) is 11.7. The minimum atomic E-state index is 0.560. The molecule has 0 aliphatic rings. The van der Waals surface area contributed by atoms with Crippen LogP contribution in [0.15, 0.2) is 192 Å². The van der Waals surface area contributed by atoms with Crippen molar-refractivity contribution in [2.75, 3.05) is 0 Å². The smallest absolute Gasteiger partial charge is 0.167 e. The summed E-state index contributed by atoms with van der Waals surface area (Å²) < 4.78 is 9.58. The lowest BCUT2D eigenvalue weighted by Gasteiger charge is -2.10. The summed E-state index contributed by atoms with van der Waals surface area (Å²) in [4.78, 5) is 15.2. The van der Waals surface area contributed by atoms with Gasteiger partial charge in [-0.25, -0.2) is 15.0 Å². The van der Waals surface area contributed by atoms with Crippen molar-refractivity contribution in [3.63, 3.8) is 0 Å². The molecule has 0 aliphatic carbocycles. The topological polar surface area (TPSA) is 51.8 Å². The van der Waals surface area contributed by atoms with Crippen LogP contribution in [0.2, 0.25) is 0 Å². The van der Waals surface area contributed by atoms with Crippen molar-refractivity contribution >= 4 is 53.4 Å². The molecule has 0 unspecified atom stereocenters. The van der Waals surface area contributed by atoms with Gasteiger partial charge < -0.3 is 4.42 Å². The number of benzene rings is 8. The molecule has 0 saturated heterocycles. The molecule has 262 valence electrons. The highest BCUT2D eigenvalue weighted by molar-refractivity contribution is 7.26. The van der Waals surface area contributed by atoms with Crippen molar-refractivity contribution in [2.45, 2.75) is 0 Å². The maximum Gasteiger partial charge on any atom is 0.167 e. The molecular formula is C51H31N3OS. The van der Waals surface area contributed by atoms with E-state index in [1.54, 1.807) is 0 Å². The van der Waals surface area contributed by atoms with Gasteiger partial charge in [-0.15, -0.1) is 11.3 Å². The Hall–Kier alpha value is -7.21. The predicted molar refractivity (Wildman–Crippen MR) is 233 cm³/mol. The van der Waals surface area contributed by atoms with Crippen LogP contribution in [-0.2, 0) is 0 Å². The van der Waals surface area contributed by atoms with Crippen LogP contribution in [-0.4, -0.2) is 15.0 Å².